The summed E-state index contributed by atoms with van der Waals surface area (Å²) >= 11 is 1.82. The second kappa shape index (κ2) is 14.1. The molecule has 8 nitrogen and oxygen atoms in total. The molecule has 1 aliphatic rings. The predicted octanol–water partition coefficient (Wildman–Crippen LogP) is 5.32. The summed E-state index contributed by atoms with van der Waals surface area (Å²) in [5, 5.41) is 13.1. The number of morpholine rings is 1. The molecule has 3 N–H and O–H groups in total. The molecule has 0 saturated carbocycles. The molecule has 0 radical (unpaired) electrons. The van der Waals surface area contributed by atoms with E-state index in [1.807, 2.05) is 23.5 Å². The van der Waals surface area contributed by atoms with Gasteiger partial charge in [0, 0.05) is 42.1 Å². The minimum absolute atomic E-state index is 0.0610. The molecule has 38 heavy (non-hydrogen) atoms. The number of aryl methyl sites for hydroxylation is 1. The lowest BCUT2D eigenvalue weighted by Crippen LogP contribution is -2.37. The molecule has 4 rings (SSSR count). The summed E-state index contributed by atoms with van der Waals surface area (Å²) in [6.07, 6.45) is 4.29. The first-order valence-corrected chi connectivity index (χ1v) is 14.2. The highest BCUT2D eigenvalue weighted by Crippen LogP contribution is 2.31. The Bertz CT molecular complexity index is 1160. The van der Waals surface area contributed by atoms with Crippen LogP contribution < -0.4 is 15.2 Å². The number of ether oxygens (including phenoxy) is 3. The van der Waals surface area contributed by atoms with Crippen molar-refractivity contribution in [3.8, 4) is 22.8 Å². The molecule has 1 aromatic heterocycles. The van der Waals surface area contributed by atoms with Gasteiger partial charge in [0.25, 0.3) is 0 Å². The van der Waals surface area contributed by atoms with Crippen molar-refractivity contribution in [2.45, 2.75) is 52.2 Å². The molecule has 1 atom stereocenters. The van der Waals surface area contributed by atoms with E-state index in [2.05, 4.69) is 36.0 Å². The molecule has 204 valence electrons. The van der Waals surface area contributed by atoms with E-state index in [-0.39, 0.29) is 5.84 Å². The zero-order valence-corrected chi connectivity index (χ0v) is 23.1. The predicted molar refractivity (Wildman–Crippen MR) is 151 cm³/mol. The lowest BCUT2D eigenvalue weighted by molar-refractivity contribution is -0.00211. The molecule has 9 heteroatoms. The van der Waals surface area contributed by atoms with Gasteiger partial charge in [-0.15, -0.1) is 11.3 Å². The monoisotopic (exact) mass is 538 g/mol. The van der Waals surface area contributed by atoms with Gasteiger partial charge in [-0.25, -0.2) is 4.98 Å². The number of nitrogens with zero attached hydrogens (tertiary/aromatic N) is 3. The zero-order valence-electron chi connectivity index (χ0n) is 22.3. The largest absolute Gasteiger partial charge is 0.455 e. The first-order chi connectivity index (χ1) is 18.6. The number of nitrogens with two attached hydrogens (primary N) is 1. The van der Waals surface area contributed by atoms with Crippen LogP contribution in [0, 0.1) is 0 Å². The molecule has 2 heterocycles. The molecule has 2 aromatic carbocycles. The first-order valence-electron chi connectivity index (χ1n) is 13.4. The molecule has 0 amide bonds. The fourth-order valence-electron chi connectivity index (χ4n) is 4.30. The van der Waals surface area contributed by atoms with Gasteiger partial charge in [-0.2, -0.15) is 0 Å². The Balaban J connectivity index is 1.43. The number of oxime groups is 1. The van der Waals surface area contributed by atoms with Crippen LogP contribution in [0.15, 0.2) is 53.7 Å². The third-order valence-electron chi connectivity index (χ3n) is 6.52. The summed E-state index contributed by atoms with van der Waals surface area (Å²) in [5.74, 6) is 1.48. The maximum Gasteiger partial charge on any atom is 0.241 e. The minimum atomic E-state index is -0.425. The van der Waals surface area contributed by atoms with Gasteiger partial charge in [0.1, 0.15) is 11.5 Å². The molecule has 3 aromatic rings. The highest BCUT2D eigenvalue weighted by molar-refractivity contribution is 7.12. The van der Waals surface area contributed by atoms with E-state index >= 15 is 0 Å². The lowest BCUT2D eigenvalue weighted by atomic mass is 10.1. The van der Waals surface area contributed by atoms with Crippen LogP contribution in [0.4, 0.5) is 0 Å². The Labute approximate surface area is 229 Å². The lowest BCUT2D eigenvalue weighted by Gasteiger charge is -2.26. The van der Waals surface area contributed by atoms with Crippen LogP contribution in [0.2, 0.25) is 0 Å². The average Bonchev–Trinajstić information content (AvgIpc) is 3.39. The van der Waals surface area contributed by atoms with Crippen molar-refractivity contribution in [1.82, 2.24) is 9.88 Å². The molecule has 1 unspecified atom stereocenters. The van der Waals surface area contributed by atoms with Gasteiger partial charge in [0.15, 0.2) is 5.84 Å². The van der Waals surface area contributed by atoms with Crippen molar-refractivity contribution in [2.75, 3.05) is 32.8 Å². The van der Waals surface area contributed by atoms with Crippen LogP contribution in [0.1, 0.15) is 48.6 Å². The molecule has 0 spiro atoms. The first kappa shape index (κ1) is 27.9. The van der Waals surface area contributed by atoms with Gasteiger partial charge in [-0.3, -0.25) is 4.90 Å². The van der Waals surface area contributed by atoms with Crippen molar-refractivity contribution in [3.05, 3.63) is 64.0 Å². The number of aromatic nitrogens is 1. The summed E-state index contributed by atoms with van der Waals surface area (Å²) in [6.45, 7) is 8.96. The van der Waals surface area contributed by atoms with Gasteiger partial charge in [0.05, 0.1) is 23.9 Å². The molecular formula is C29H38N4O4S. The Hall–Kier alpha value is -3.14. The summed E-state index contributed by atoms with van der Waals surface area (Å²) in [5.41, 5.74) is 8.47. The fourth-order valence-corrected chi connectivity index (χ4v) is 5.32. The maximum absolute atomic E-state index is 8.87. The fraction of sp³-hybridized carbons (Fsp3) is 0.448. The van der Waals surface area contributed by atoms with E-state index in [1.165, 1.54) is 9.88 Å². The smallest absolute Gasteiger partial charge is 0.241 e. The van der Waals surface area contributed by atoms with E-state index in [4.69, 9.17) is 30.1 Å². The third kappa shape index (κ3) is 7.69. The summed E-state index contributed by atoms with van der Waals surface area (Å²) in [4.78, 5) is 8.75. The number of amidine groups is 1. The van der Waals surface area contributed by atoms with Gasteiger partial charge in [0.2, 0.25) is 6.29 Å². The van der Waals surface area contributed by atoms with E-state index in [1.54, 1.807) is 24.3 Å². The van der Waals surface area contributed by atoms with Crippen LogP contribution in [-0.4, -0.2) is 60.1 Å². The number of thiazole rings is 1. The zero-order chi connectivity index (χ0) is 26.7. The summed E-state index contributed by atoms with van der Waals surface area (Å²) in [6, 6.07) is 15.3. The average molecular weight is 539 g/mol. The van der Waals surface area contributed by atoms with Crippen molar-refractivity contribution >= 4 is 17.2 Å². The molecule has 0 bridgehead atoms. The number of benzene rings is 2. The quantitative estimate of drug-likeness (QED) is 0.0999. The van der Waals surface area contributed by atoms with Gasteiger partial charge in [-0.05, 0) is 67.8 Å². The molecule has 0 aliphatic carbocycles. The van der Waals surface area contributed by atoms with Crippen LogP contribution >= 0.6 is 11.3 Å². The molecule has 1 fully saturated rings. The number of unbranched alkanes of at least 4 members (excludes halogenated alkanes) is 1. The van der Waals surface area contributed by atoms with Crippen LogP contribution in [-0.2, 0) is 17.6 Å². The Morgan fingerprint density at radius 1 is 1.08 bits per heavy atom. The highest BCUT2D eigenvalue weighted by Gasteiger charge is 2.17. The van der Waals surface area contributed by atoms with Crippen molar-refractivity contribution < 1.29 is 19.4 Å². The summed E-state index contributed by atoms with van der Waals surface area (Å²) in [7, 11) is 0. The summed E-state index contributed by atoms with van der Waals surface area (Å²) < 4.78 is 17.9. The normalized spacial score (nSPS) is 15.4. The van der Waals surface area contributed by atoms with Crippen molar-refractivity contribution in [1.29, 1.82) is 0 Å². The van der Waals surface area contributed by atoms with Crippen LogP contribution in [0.5, 0.6) is 11.5 Å². The molecule has 1 saturated heterocycles. The van der Waals surface area contributed by atoms with Gasteiger partial charge in [-0.1, -0.05) is 25.4 Å². The topological polar surface area (TPSA) is 102 Å². The second-order valence-electron chi connectivity index (χ2n) is 9.28. The van der Waals surface area contributed by atoms with E-state index in [0.717, 1.165) is 82.0 Å². The van der Waals surface area contributed by atoms with Crippen molar-refractivity contribution in [3.63, 3.8) is 0 Å². The van der Waals surface area contributed by atoms with E-state index < -0.39 is 6.29 Å². The Kier molecular flexibility index (Phi) is 10.4. The number of hydrogen-bond donors (Lipinski definition) is 2. The minimum Gasteiger partial charge on any atom is -0.455 e. The van der Waals surface area contributed by atoms with E-state index in [9.17, 15) is 0 Å². The number of rotatable bonds is 13. The molecule has 1 aliphatic heterocycles. The van der Waals surface area contributed by atoms with Gasteiger partial charge >= 0.3 is 0 Å². The highest BCUT2D eigenvalue weighted by atomic mass is 32.1. The van der Waals surface area contributed by atoms with Crippen molar-refractivity contribution in [2.24, 2.45) is 10.9 Å². The SMILES string of the molecule is CCCCC(Oc1ccc(C(N)=NO)cc1)Oc1ccc(-c2nc(CC)sc2CCN2CCOCC2)cc1. The Morgan fingerprint density at radius 3 is 2.34 bits per heavy atom. The van der Waals surface area contributed by atoms with Crippen LogP contribution in [0.25, 0.3) is 11.3 Å². The second-order valence-corrected chi connectivity index (χ2v) is 10.4. The third-order valence-corrected chi connectivity index (χ3v) is 7.78. The standard InChI is InChI=1S/C29H38N4O4S/c1-3-5-6-27(37-24-13-9-22(10-14-24)29(30)32-34)36-23-11-7-21(8-12-23)28-25(38-26(4-2)31-28)15-16-33-17-19-35-20-18-33/h7-14,27,34H,3-6,15-20H2,1-2H3,(H2,30,32). The van der Waals surface area contributed by atoms with E-state index in [0.29, 0.717) is 11.3 Å². The Morgan fingerprint density at radius 2 is 1.74 bits per heavy atom. The number of hydrogen-bond acceptors (Lipinski definition) is 8. The molecular weight excluding hydrogens is 500 g/mol. The van der Waals surface area contributed by atoms with Crippen LogP contribution in [0.3, 0.4) is 0 Å². The van der Waals surface area contributed by atoms with Gasteiger partial charge < -0.3 is 25.2 Å². The maximum atomic E-state index is 8.87.